The first-order valence-electron chi connectivity index (χ1n) is 8.69. The van der Waals surface area contributed by atoms with Crippen molar-refractivity contribution in [1.29, 1.82) is 0 Å². The van der Waals surface area contributed by atoms with E-state index in [9.17, 15) is 14.4 Å². The van der Waals surface area contributed by atoms with E-state index in [1.54, 1.807) is 69.7 Å². The fourth-order valence-electron chi connectivity index (χ4n) is 2.35. The number of nitrogens with one attached hydrogen (secondary N) is 3. The number of ether oxygens (including phenoxy) is 1. The van der Waals surface area contributed by atoms with Crippen molar-refractivity contribution in [3.63, 3.8) is 0 Å². The molecule has 2 rings (SSSR count). The minimum absolute atomic E-state index is 0.0991. The highest BCUT2D eigenvalue weighted by Gasteiger charge is 2.10. The average molecular weight is 384 g/mol. The first kappa shape index (κ1) is 20.8. The van der Waals surface area contributed by atoms with Gasteiger partial charge in [0.2, 0.25) is 5.91 Å². The van der Waals surface area contributed by atoms with E-state index in [2.05, 4.69) is 16.0 Å². The molecule has 2 aromatic rings. The van der Waals surface area contributed by atoms with Gasteiger partial charge in [-0.3, -0.25) is 9.59 Å². The summed E-state index contributed by atoms with van der Waals surface area (Å²) in [6, 6.07) is 13.2. The topological polar surface area (TPSA) is 99.8 Å². The predicted octanol–water partition coefficient (Wildman–Crippen LogP) is 2.55. The summed E-state index contributed by atoms with van der Waals surface area (Å²) in [5.41, 5.74) is 1.63. The van der Waals surface area contributed by atoms with E-state index in [1.165, 1.54) is 4.90 Å². The molecule has 0 spiro atoms. The van der Waals surface area contributed by atoms with Crippen molar-refractivity contribution in [3.05, 3.63) is 54.1 Å². The van der Waals surface area contributed by atoms with Crippen molar-refractivity contribution in [2.75, 3.05) is 38.4 Å². The molecule has 0 bridgehead atoms. The molecule has 0 aliphatic heterocycles. The largest absolute Gasteiger partial charge is 0.497 e. The van der Waals surface area contributed by atoms with Crippen LogP contribution in [0.4, 0.5) is 16.2 Å². The fraction of sp³-hybridized carbons (Fsp3) is 0.250. The summed E-state index contributed by atoms with van der Waals surface area (Å²) < 4.78 is 5.05. The van der Waals surface area contributed by atoms with Crippen LogP contribution >= 0.6 is 0 Å². The van der Waals surface area contributed by atoms with E-state index in [0.29, 0.717) is 22.7 Å². The monoisotopic (exact) mass is 384 g/mol. The maximum absolute atomic E-state index is 12.0. The third-order valence-electron chi connectivity index (χ3n) is 3.78. The van der Waals surface area contributed by atoms with Gasteiger partial charge in [0.1, 0.15) is 5.75 Å². The number of methoxy groups -OCH3 is 1. The molecule has 0 saturated carbocycles. The van der Waals surface area contributed by atoms with E-state index in [-0.39, 0.29) is 24.8 Å². The Bertz CT molecular complexity index is 834. The zero-order chi connectivity index (χ0) is 20.5. The summed E-state index contributed by atoms with van der Waals surface area (Å²) in [7, 11) is 4.89. The number of anilines is 2. The SMILES string of the molecule is COc1ccc(NC(=O)NCCC(=O)Nc2cccc(C(=O)N(C)C)c2)cc1. The molecule has 2 aromatic carbocycles. The quantitative estimate of drug-likeness (QED) is 0.683. The van der Waals surface area contributed by atoms with Gasteiger partial charge >= 0.3 is 6.03 Å². The molecule has 0 saturated heterocycles. The number of urea groups is 1. The lowest BCUT2D eigenvalue weighted by Gasteiger charge is -2.12. The number of hydrogen-bond acceptors (Lipinski definition) is 4. The van der Waals surface area contributed by atoms with Gasteiger partial charge in [0, 0.05) is 44.0 Å². The van der Waals surface area contributed by atoms with Crippen molar-refractivity contribution >= 4 is 29.2 Å². The zero-order valence-corrected chi connectivity index (χ0v) is 16.1. The highest BCUT2D eigenvalue weighted by molar-refractivity contribution is 5.97. The molecule has 148 valence electrons. The van der Waals surface area contributed by atoms with Crippen molar-refractivity contribution in [2.45, 2.75) is 6.42 Å². The number of nitrogens with zero attached hydrogens (tertiary/aromatic N) is 1. The van der Waals surface area contributed by atoms with Crippen LogP contribution in [0, 0.1) is 0 Å². The van der Waals surface area contributed by atoms with Gasteiger partial charge < -0.3 is 25.6 Å². The van der Waals surface area contributed by atoms with Crippen LogP contribution in [0.25, 0.3) is 0 Å². The summed E-state index contributed by atoms with van der Waals surface area (Å²) in [5, 5.41) is 8.00. The van der Waals surface area contributed by atoms with Gasteiger partial charge in [0.25, 0.3) is 5.91 Å². The van der Waals surface area contributed by atoms with Crippen molar-refractivity contribution in [1.82, 2.24) is 10.2 Å². The second kappa shape index (κ2) is 9.96. The molecule has 0 fully saturated rings. The Kier molecular flexibility index (Phi) is 7.38. The number of rotatable bonds is 7. The summed E-state index contributed by atoms with van der Waals surface area (Å²) >= 11 is 0. The average Bonchev–Trinajstić information content (AvgIpc) is 2.68. The molecule has 0 atom stereocenters. The molecule has 0 radical (unpaired) electrons. The van der Waals surface area contributed by atoms with Crippen LogP contribution in [0.5, 0.6) is 5.75 Å². The van der Waals surface area contributed by atoms with Crippen LogP contribution in [0.15, 0.2) is 48.5 Å². The number of benzene rings is 2. The molecular formula is C20H24N4O4. The summed E-state index contributed by atoms with van der Waals surface area (Å²) in [6.45, 7) is 0.171. The predicted molar refractivity (Wildman–Crippen MR) is 108 cm³/mol. The first-order chi connectivity index (χ1) is 13.4. The van der Waals surface area contributed by atoms with Gasteiger partial charge in [-0.25, -0.2) is 4.79 Å². The van der Waals surface area contributed by atoms with E-state index in [0.717, 1.165) is 0 Å². The Hall–Kier alpha value is -3.55. The van der Waals surface area contributed by atoms with Gasteiger partial charge in [0.15, 0.2) is 0 Å². The summed E-state index contributed by atoms with van der Waals surface area (Å²) in [5.74, 6) is 0.283. The molecular weight excluding hydrogens is 360 g/mol. The van der Waals surface area contributed by atoms with E-state index in [1.807, 2.05) is 0 Å². The van der Waals surface area contributed by atoms with E-state index >= 15 is 0 Å². The fourth-order valence-corrected chi connectivity index (χ4v) is 2.35. The molecule has 0 heterocycles. The number of carbonyl (C=O) groups is 3. The van der Waals surface area contributed by atoms with Gasteiger partial charge in [-0.2, -0.15) is 0 Å². The molecule has 0 aliphatic rings. The van der Waals surface area contributed by atoms with Gasteiger partial charge in [-0.15, -0.1) is 0 Å². The molecule has 3 N–H and O–H groups in total. The van der Waals surface area contributed by atoms with Gasteiger partial charge in [0.05, 0.1) is 7.11 Å². The lowest BCUT2D eigenvalue weighted by molar-refractivity contribution is -0.116. The first-order valence-corrected chi connectivity index (χ1v) is 8.69. The molecule has 8 heteroatoms. The van der Waals surface area contributed by atoms with Crippen LogP contribution in [0.3, 0.4) is 0 Å². The maximum Gasteiger partial charge on any atom is 0.319 e. The Balaban J connectivity index is 1.77. The Labute approximate surface area is 163 Å². The van der Waals surface area contributed by atoms with Crippen molar-refractivity contribution in [2.24, 2.45) is 0 Å². The normalized spacial score (nSPS) is 9.96. The van der Waals surface area contributed by atoms with Crippen molar-refractivity contribution in [3.8, 4) is 5.75 Å². The molecule has 4 amide bonds. The third kappa shape index (κ3) is 6.31. The Morgan fingerprint density at radius 3 is 2.32 bits per heavy atom. The Morgan fingerprint density at radius 1 is 0.964 bits per heavy atom. The number of hydrogen-bond donors (Lipinski definition) is 3. The van der Waals surface area contributed by atoms with Crippen LogP contribution in [-0.4, -0.2) is 50.5 Å². The second-order valence-electron chi connectivity index (χ2n) is 6.19. The standard InChI is InChI=1S/C20H24N4O4/c1-24(2)19(26)14-5-4-6-16(13-14)22-18(25)11-12-21-20(27)23-15-7-9-17(28-3)10-8-15/h4-10,13H,11-12H2,1-3H3,(H,22,25)(H2,21,23,27). The third-order valence-corrected chi connectivity index (χ3v) is 3.78. The van der Waals surface area contributed by atoms with Crippen molar-refractivity contribution < 1.29 is 19.1 Å². The molecule has 8 nitrogen and oxygen atoms in total. The molecule has 0 unspecified atom stereocenters. The lowest BCUT2D eigenvalue weighted by atomic mass is 10.2. The molecule has 0 aromatic heterocycles. The van der Waals surface area contributed by atoms with Crippen LogP contribution in [0.2, 0.25) is 0 Å². The second-order valence-corrected chi connectivity index (χ2v) is 6.19. The van der Waals surface area contributed by atoms with Gasteiger partial charge in [-0.1, -0.05) is 6.07 Å². The lowest BCUT2D eigenvalue weighted by Crippen LogP contribution is -2.31. The van der Waals surface area contributed by atoms with Crippen LogP contribution < -0.4 is 20.7 Å². The van der Waals surface area contributed by atoms with Crippen LogP contribution in [-0.2, 0) is 4.79 Å². The summed E-state index contributed by atoms with van der Waals surface area (Å²) in [4.78, 5) is 37.3. The minimum atomic E-state index is -0.406. The number of carbonyl (C=O) groups excluding carboxylic acids is 3. The zero-order valence-electron chi connectivity index (χ0n) is 16.1. The Morgan fingerprint density at radius 2 is 1.68 bits per heavy atom. The highest BCUT2D eigenvalue weighted by Crippen LogP contribution is 2.15. The summed E-state index contributed by atoms with van der Waals surface area (Å²) in [6.07, 6.45) is 0.0991. The smallest absolute Gasteiger partial charge is 0.319 e. The van der Waals surface area contributed by atoms with E-state index < -0.39 is 6.03 Å². The molecule has 28 heavy (non-hydrogen) atoms. The maximum atomic E-state index is 12.0. The van der Waals surface area contributed by atoms with E-state index in [4.69, 9.17) is 4.74 Å². The highest BCUT2D eigenvalue weighted by atomic mass is 16.5. The van der Waals surface area contributed by atoms with Crippen LogP contribution in [0.1, 0.15) is 16.8 Å². The number of amides is 4. The molecule has 0 aliphatic carbocycles. The minimum Gasteiger partial charge on any atom is -0.497 e. The van der Waals surface area contributed by atoms with Gasteiger partial charge in [-0.05, 0) is 42.5 Å².